The van der Waals surface area contributed by atoms with Gasteiger partial charge in [-0.25, -0.2) is 0 Å². The molecule has 0 saturated carbocycles. The molecule has 0 amide bonds. The van der Waals surface area contributed by atoms with E-state index in [1.165, 1.54) is 0 Å². The highest BCUT2D eigenvalue weighted by Crippen LogP contribution is 2.46. The molecule has 0 N–H and O–H groups in total. The molecule has 3 aromatic carbocycles. The first kappa shape index (κ1) is 15.1. The third-order valence-electron chi connectivity index (χ3n) is 4.47. The van der Waals surface area contributed by atoms with Crippen LogP contribution in [0.3, 0.4) is 0 Å². The number of rotatable bonds is 2. The van der Waals surface area contributed by atoms with Gasteiger partial charge in [0.05, 0.1) is 16.9 Å². The van der Waals surface area contributed by atoms with Crippen LogP contribution in [0.5, 0.6) is 5.75 Å². The van der Waals surface area contributed by atoms with Crippen LogP contribution in [0.25, 0.3) is 16.7 Å². The zero-order chi connectivity index (χ0) is 17.5. The predicted octanol–water partition coefficient (Wildman–Crippen LogP) is 6.62. The molecule has 0 bridgehead atoms. The molecule has 3 nitrogen and oxygen atoms in total. The van der Waals surface area contributed by atoms with E-state index in [1.54, 1.807) is 6.26 Å². The van der Waals surface area contributed by atoms with E-state index in [-0.39, 0.29) is 0 Å². The number of hydrogen-bond donors (Lipinski definition) is 0. The van der Waals surface area contributed by atoms with Crippen LogP contribution in [0, 0.1) is 0 Å². The molecule has 0 atom stereocenters. The van der Waals surface area contributed by atoms with Crippen molar-refractivity contribution in [3.63, 3.8) is 0 Å². The standard InChI is InChI=1S/C22H14ClNO2/c23-22-21(16-10-4-6-12-19(16)26-22)18-14-25-20-13-7-5-11-17(20)24(18)15-8-2-1-3-9-15/h1-14H. The van der Waals surface area contributed by atoms with Crippen molar-refractivity contribution in [3.8, 4) is 5.75 Å². The lowest BCUT2D eigenvalue weighted by Gasteiger charge is -2.31. The van der Waals surface area contributed by atoms with Crippen molar-refractivity contribution in [2.75, 3.05) is 4.90 Å². The molecule has 0 saturated heterocycles. The summed E-state index contributed by atoms with van der Waals surface area (Å²) in [4.78, 5) is 2.14. The molecule has 1 aliphatic rings. The lowest BCUT2D eigenvalue weighted by atomic mass is 10.1. The summed E-state index contributed by atoms with van der Waals surface area (Å²) in [7, 11) is 0. The van der Waals surface area contributed by atoms with Gasteiger partial charge in [0.2, 0.25) is 5.22 Å². The summed E-state index contributed by atoms with van der Waals surface area (Å²) in [6, 6.07) is 25.9. The van der Waals surface area contributed by atoms with Crippen LogP contribution in [-0.4, -0.2) is 0 Å². The molecule has 0 unspecified atom stereocenters. The first-order valence-corrected chi connectivity index (χ1v) is 8.69. The molecule has 2 heterocycles. The first-order chi connectivity index (χ1) is 12.8. The van der Waals surface area contributed by atoms with E-state index in [4.69, 9.17) is 20.8 Å². The van der Waals surface area contributed by atoms with Gasteiger partial charge in [-0.05, 0) is 41.9 Å². The smallest absolute Gasteiger partial charge is 0.204 e. The van der Waals surface area contributed by atoms with Crippen LogP contribution < -0.4 is 9.64 Å². The number of ether oxygens (including phenoxy) is 1. The number of nitrogens with zero attached hydrogens (tertiary/aromatic N) is 1. The Bertz CT molecular complexity index is 1130. The second kappa shape index (κ2) is 5.97. The quantitative estimate of drug-likeness (QED) is 0.402. The SMILES string of the molecule is Clc1oc2ccccc2c1C1=COc2ccccc2N1c1ccccc1. The third kappa shape index (κ3) is 2.29. The lowest BCUT2D eigenvalue weighted by Crippen LogP contribution is -2.20. The summed E-state index contributed by atoms with van der Waals surface area (Å²) in [6.45, 7) is 0. The van der Waals surface area contributed by atoms with Gasteiger partial charge in [-0.2, -0.15) is 0 Å². The van der Waals surface area contributed by atoms with Crippen molar-refractivity contribution < 1.29 is 9.15 Å². The van der Waals surface area contributed by atoms with Gasteiger partial charge in [0.25, 0.3) is 0 Å². The average molecular weight is 360 g/mol. The predicted molar refractivity (Wildman–Crippen MR) is 105 cm³/mol. The lowest BCUT2D eigenvalue weighted by molar-refractivity contribution is 0.476. The minimum atomic E-state index is 0.348. The van der Waals surface area contributed by atoms with Crippen LogP contribution in [0.4, 0.5) is 11.4 Å². The molecule has 0 aliphatic carbocycles. The van der Waals surface area contributed by atoms with E-state index < -0.39 is 0 Å². The number of fused-ring (bicyclic) bond motifs is 2. The number of furan rings is 1. The van der Waals surface area contributed by atoms with E-state index in [0.29, 0.717) is 5.22 Å². The van der Waals surface area contributed by atoms with Gasteiger partial charge in [0.1, 0.15) is 11.8 Å². The minimum Gasteiger partial charge on any atom is -0.461 e. The van der Waals surface area contributed by atoms with Crippen molar-refractivity contribution in [2.24, 2.45) is 0 Å². The second-order valence-corrected chi connectivity index (χ2v) is 6.35. The first-order valence-electron chi connectivity index (χ1n) is 8.31. The van der Waals surface area contributed by atoms with E-state index in [9.17, 15) is 0 Å². The Labute approximate surface area is 155 Å². The van der Waals surface area contributed by atoms with Crippen LogP contribution in [0.15, 0.2) is 89.5 Å². The van der Waals surface area contributed by atoms with E-state index in [0.717, 1.165) is 39.4 Å². The third-order valence-corrected chi connectivity index (χ3v) is 4.73. The zero-order valence-electron chi connectivity index (χ0n) is 13.7. The molecule has 4 heteroatoms. The highest BCUT2D eigenvalue weighted by Gasteiger charge is 2.28. The number of benzene rings is 3. The number of hydrogen-bond acceptors (Lipinski definition) is 3. The van der Waals surface area contributed by atoms with Gasteiger partial charge in [0.15, 0.2) is 5.75 Å². The summed E-state index contributed by atoms with van der Waals surface area (Å²) in [5.74, 6) is 0.795. The molecule has 1 aliphatic heterocycles. The number of para-hydroxylation sites is 4. The Morgan fingerprint density at radius 2 is 1.50 bits per heavy atom. The molecule has 0 spiro atoms. The van der Waals surface area contributed by atoms with Crippen molar-refractivity contribution in [2.45, 2.75) is 0 Å². The van der Waals surface area contributed by atoms with Gasteiger partial charge in [-0.1, -0.05) is 48.5 Å². The summed E-state index contributed by atoms with van der Waals surface area (Å²) in [6.07, 6.45) is 1.73. The van der Waals surface area contributed by atoms with Gasteiger partial charge < -0.3 is 14.1 Å². The molecule has 0 fully saturated rings. The van der Waals surface area contributed by atoms with E-state index >= 15 is 0 Å². The maximum Gasteiger partial charge on any atom is 0.204 e. The summed E-state index contributed by atoms with van der Waals surface area (Å²) in [5.41, 5.74) is 4.39. The molecule has 26 heavy (non-hydrogen) atoms. The highest BCUT2D eigenvalue weighted by atomic mass is 35.5. The number of anilines is 2. The molecular weight excluding hydrogens is 346 g/mol. The Morgan fingerprint density at radius 1 is 0.769 bits per heavy atom. The van der Waals surface area contributed by atoms with Gasteiger partial charge >= 0.3 is 0 Å². The molecule has 0 radical (unpaired) electrons. The molecule has 4 aromatic rings. The normalized spacial score (nSPS) is 13.3. The van der Waals surface area contributed by atoms with Gasteiger partial charge in [-0.15, -0.1) is 0 Å². The molecule has 5 rings (SSSR count). The summed E-state index contributed by atoms with van der Waals surface area (Å²) in [5, 5.41) is 1.30. The summed E-state index contributed by atoms with van der Waals surface area (Å²) < 4.78 is 11.7. The maximum atomic E-state index is 6.49. The topological polar surface area (TPSA) is 25.6 Å². The fourth-order valence-corrected chi connectivity index (χ4v) is 3.61. The monoisotopic (exact) mass is 359 g/mol. The van der Waals surface area contributed by atoms with Crippen LogP contribution in [-0.2, 0) is 0 Å². The Balaban J connectivity index is 1.77. The minimum absolute atomic E-state index is 0.348. The second-order valence-electron chi connectivity index (χ2n) is 6.01. The molecule has 1 aromatic heterocycles. The van der Waals surface area contributed by atoms with E-state index in [2.05, 4.69) is 17.0 Å². The zero-order valence-corrected chi connectivity index (χ0v) is 14.5. The Morgan fingerprint density at radius 3 is 2.38 bits per heavy atom. The fraction of sp³-hybridized carbons (Fsp3) is 0. The van der Waals surface area contributed by atoms with Crippen LogP contribution in [0.2, 0.25) is 5.22 Å². The Hall–Kier alpha value is -3.17. The largest absolute Gasteiger partial charge is 0.461 e. The number of halogens is 1. The summed E-state index contributed by atoms with van der Waals surface area (Å²) >= 11 is 6.49. The Kier molecular flexibility index (Phi) is 3.47. The van der Waals surface area contributed by atoms with Crippen molar-refractivity contribution in [3.05, 3.63) is 95.9 Å². The van der Waals surface area contributed by atoms with Gasteiger partial charge in [-0.3, -0.25) is 0 Å². The van der Waals surface area contributed by atoms with Crippen LogP contribution in [0.1, 0.15) is 5.56 Å². The molecular formula is C22H14ClNO2. The van der Waals surface area contributed by atoms with Crippen LogP contribution >= 0.6 is 11.6 Å². The average Bonchev–Trinajstić information content (AvgIpc) is 3.03. The van der Waals surface area contributed by atoms with Crippen molar-refractivity contribution in [1.82, 2.24) is 0 Å². The maximum absolute atomic E-state index is 6.49. The van der Waals surface area contributed by atoms with Crippen molar-refractivity contribution in [1.29, 1.82) is 0 Å². The highest BCUT2D eigenvalue weighted by molar-refractivity contribution is 6.32. The van der Waals surface area contributed by atoms with E-state index in [1.807, 2.05) is 66.7 Å². The fourth-order valence-electron chi connectivity index (χ4n) is 3.32. The van der Waals surface area contributed by atoms with Gasteiger partial charge in [0, 0.05) is 11.1 Å². The van der Waals surface area contributed by atoms with Crippen molar-refractivity contribution >= 4 is 39.6 Å². The molecule has 126 valence electrons.